The lowest BCUT2D eigenvalue weighted by Gasteiger charge is -2.29. The van der Waals surface area contributed by atoms with Crippen LogP contribution in [0.5, 0.6) is 0 Å². The minimum Gasteiger partial charge on any atom is -0.0622 e. The third-order valence-electron chi connectivity index (χ3n) is 11.2. The summed E-state index contributed by atoms with van der Waals surface area (Å²) in [5.41, 5.74) is 15.5. The first-order valence-corrected chi connectivity index (χ1v) is 18.0. The fraction of sp³-hybridized carbons (Fsp3) is 0.0588. The molecule has 51 heavy (non-hydrogen) atoms. The highest BCUT2D eigenvalue weighted by molar-refractivity contribution is 6.27. The second-order valence-corrected chi connectivity index (χ2v) is 14.4. The molecule has 1 aliphatic carbocycles. The van der Waals surface area contributed by atoms with E-state index in [2.05, 4.69) is 196 Å². The summed E-state index contributed by atoms with van der Waals surface area (Å²) in [6, 6.07) is 67.2. The highest BCUT2D eigenvalue weighted by Gasteiger charge is 2.40. The summed E-state index contributed by atoms with van der Waals surface area (Å²) in [5, 5.41) is 7.68. The quantitative estimate of drug-likeness (QED) is 0.167. The van der Waals surface area contributed by atoms with Crippen molar-refractivity contribution in [3.8, 4) is 55.6 Å². The van der Waals surface area contributed by atoms with Crippen molar-refractivity contribution in [3.05, 3.63) is 193 Å². The molecule has 0 aliphatic heterocycles. The fourth-order valence-corrected chi connectivity index (χ4v) is 9.05. The molecule has 1 aliphatic rings. The van der Waals surface area contributed by atoms with Crippen LogP contribution in [0.4, 0.5) is 0 Å². The summed E-state index contributed by atoms with van der Waals surface area (Å²) in [6.07, 6.45) is 0. The SMILES string of the molecule is CC1(C)c2ccccc2-c2c1c(-c1ccccc1)c(-c1c3ccccc3c(-c3ccc(-c4ccccc4)cc3)c3ccccc13)c1ccccc21. The van der Waals surface area contributed by atoms with Gasteiger partial charge in [0.2, 0.25) is 0 Å². The second kappa shape index (κ2) is 11.4. The van der Waals surface area contributed by atoms with Crippen LogP contribution in [-0.4, -0.2) is 0 Å². The molecule has 0 unspecified atom stereocenters. The van der Waals surface area contributed by atoms with Gasteiger partial charge in [-0.25, -0.2) is 0 Å². The normalized spacial score (nSPS) is 13.1. The summed E-state index contributed by atoms with van der Waals surface area (Å²) in [5.74, 6) is 0. The van der Waals surface area contributed by atoms with Crippen molar-refractivity contribution in [3.63, 3.8) is 0 Å². The summed E-state index contributed by atoms with van der Waals surface area (Å²) in [7, 11) is 0. The highest BCUT2D eigenvalue weighted by atomic mass is 14.4. The van der Waals surface area contributed by atoms with Crippen molar-refractivity contribution in [2.24, 2.45) is 0 Å². The molecule has 0 amide bonds. The molecule has 0 fully saturated rings. The standard InChI is InChI=1S/C51H36/c1-51(2)44-28-16-15-27-43(44)48-41-25-13-14-26-42(41)49(46(50(48)51)35-19-7-4-8-20-35)47-39-23-11-9-21-37(39)45(38-22-10-12-24-40(38)47)36-31-29-34(30-32-36)33-17-5-3-6-18-33/h3-32H,1-2H3. The highest BCUT2D eigenvalue weighted by Crippen LogP contribution is 2.59. The summed E-state index contributed by atoms with van der Waals surface area (Å²) >= 11 is 0. The van der Waals surface area contributed by atoms with Gasteiger partial charge in [-0.3, -0.25) is 0 Å². The third-order valence-corrected chi connectivity index (χ3v) is 11.2. The topological polar surface area (TPSA) is 0 Å². The number of fused-ring (bicyclic) bond motifs is 7. The largest absolute Gasteiger partial charge is 0.0622 e. The predicted octanol–water partition coefficient (Wildman–Crippen LogP) is 14.1. The van der Waals surface area contributed by atoms with Gasteiger partial charge >= 0.3 is 0 Å². The van der Waals surface area contributed by atoms with Crippen LogP contribution in [-0.2, 0) is 5.41 Å². The van der Waals surface area contributed by atoms with Gasteiger partial charge in [-0.1, -0.05) is 196 Å². The maximum absolute atomic E-state index is 2.42. The van der Waals surface area contributed by atoms with E-state index in [0.29, 0.717) is 0 Å². The molecular formula is C51H36. The van der Waals surface area contributed by atoms with Crippen LogP contribution >= 0.6 is 0 Å². The Morgan fingerprint density at radius 3 is 1.22 bits per heavy atom. The second-order valence-electron chi connectivity index (χ2n) is 14.4. The van der Waals surface area contributed by atoms with Gasteiger partial charge in [-0.2, -0.15) is 0 Å². The molecule has 0 saturated heterocycles. The first-order valence-electron chi connectivity index (χ1n) is 18.0. The van der Waals surface area contributed by atoms with Crippen LogP contribution in [0.3, 0.4) is 0 Å². The zero-order valence-electron chi connectivity index (χ0n) is 28.8. The Bertz CT molecular complexity index is 2730. The van der Waals surface area contributed by atoms with E-state index in [1.165, 1.54) is 99.1 Å². The molecule has 0 radical (unpaired) electrons. The van der Waals surface area contributed by atoms with Crippen molar-refractivity contribution in [1.82, 2.24) is 0 Å². The zero-order valence-corrected chi connectivity index (χ0v) is 28.8. The molecule has 240 valence electrons. The van der Waals surface area contributed by atoms with Gasteiger partial charge < -0.3 is 0 Å². The molecule has 10 rings (SSSR count). The van der Waals surface area contributed by atoms with E-state index in [1.807, 2.05) is 0 Å². The molecule has 0 nitrogen and oxygen atoms in total. The van der Waals surface area contributed by atoms with Gasteiger partial charge in [0.25, 0.3) is 0 Å². The molecular weight excluding hydrogens is 613 g/mol. The van der Waals surface area contributed by atoms with E-state index in [4.69, 9.17) is 0 Å². The van der Waals surface area contributed by atoms with Gasteiger partial charge in [0.1, 0.15) is 0 Å². The monoisotopic (exact) mass is 648 g/mol. The molecule has 9 aromatic rings. The van der Waals surface area contributed by atoms with Crippen LogP contribution in [0.2, 0.25) is 0 Å². The molecule has 9 aromatic carbocycles. The fourth-order valence-electron chi connectivity index (χ4n) is 9.05. The van der Waals surface area contributed by atoms with Crippen LogP contribution in [0, 0.1) is 0 Å². The van der Waals surface area contributed by atoms with Crippen LogP contribution in [0.15, 0.2) is 182 Å². The summed E-state index contributed by atoms with van der Waals surface area (Å²) < 4.78 is 0. The molecule has 0 N–H and O–H groups in total. The van der Waals surface area contributed by atoms with Gasteiger partial charge in [-0.15, -0.1) is 0 Å². The molecule has 0 heterocycles. The maximum atomic E-state index is 2.42. The summed E-state index contributed by atoms with van der Waals surface area (Å²) in [4.78, 5) is 0. The van der Waals surface area contributed by atoms with Crippen LogP contribution < -0.4 is 0 Å². The lowest BCUT2D eigenvalue weighted by Crippen LogP contribution is -2.17. The number of hydrogen-bond donors (Lipinski definition) is 0. The Morgan fingerprint density at radius 1 is 0.275 bits per heavy atom. The summed E-state index contributed by atoms with van der Waals surface area (Å²) in [6.45, 7) is 4.84. The Labute approximate surface area is 299 Å². The minimum atomic E-state index is -0.193. The Morgan fingerprint density at radius 2 is 0.647 bits per heavy atom. The lowest BCUT2D eigenvalue weighted by molar-refractivity contribution is 0.662. The van der Waals surface area contributed by atoms with Crippen LogP contribution in [0.25, 0.3) is 88.0 Å². The Hall–Kier alpha value is -6.24. The van der Waals surface area contributed by atoms with E-state index in [1.54, 1.807) is 0 Å². The van der Waals surface area contributed by atoms with Gasteiger partial charge in [0, 0.05) is 5.41 Å². The average molecular weight is 649 g/mol. The third kappa shape index (κ3) is 4.40. The average Bonchev–Trinajstić information content (AvgIpc) is 3.44. The van der Waals surface area contributed by atoms with Crippen molar-refractivity contribution in [1.29, 1.82) is 0 Å². The minimum absolute atomic E-state index is 0.193. The van der Waals surface area contributed by atoms with E-state index in [-0.39, 0.29) is 5.41 Å². The molecule has 0 aromatic heterocycles. The van der Waals surface area contributed by atoms with E-state index in [0.717, 1.165) is 0 Å². The van der Waals surface area contributed by atoms with Crippen molar-refractivity contribution in [2.45, 2.75) is 19.3 Å². The molecule has 0 saturated carbocycles. The number of rotatable bonds is 4. The van der Waals surface area contributed by atoms with E-state index >= 15 is 0 Å². The zero-order chi connectivity index (χ0) is 34.1. The predicted molar refractivity (Wildman–Crippen MR) is 218 cm³/mol. The van der Waals surface area contributed by atoms with Crippen LogP contribution in [0.1, 0.15) is 25.0 Å². The van der Waals surface area contributed by atoms with Gasteiger partial charge in [-0.05, 0) is 99.1 Å². The Kier molecular flexibility index (Phi) is 6.63. The molecule has 0 atom stereocenters. The van der Waals surface area contributed by atoms with Crippen molar-refractivity contribution >= 4 is 32.3 Å². The molecule has 0 bridgehead atoms. The van der Waals surface area contributed by atoms with Gasteiger partial charge in [0.15, 0.2) is 0 Å². The van der Waals surface area contributed by atoms with Gasteiger partial charge in [0.05, 0.1) is 0 Å². The van der Waals surface area contributed by atoms with E-state index in [9.17, 15) is 0 Å². The van der Waals surface area contributed by atoms with E-state index < -0.39 is 0 Å². The smallest absolute Gasteiger partial charge is 0.0165 e. The Balaban J connectivity index is 1.36. The first-order chi connectivity index (χ1) is 25.1. The molecule has 0 spiro atoms. The number of hydrogen-bond acceptors (Lipinski definition) is 0. The first kappa shape index (κ1) is 29.7. The maximum Gasteiger partial charge on any atom is 0.0165 e. The number of benzene rings is 9. The van der Waals surface area contributed by atoms with Crippen molar-refractivity contribution in [2.75, 3.05) is 0 Å². The lowest BCUT2D eigenvalue weighted by atomic mass is 9.74. The van der Waals surface area contributed by atoms with Crippen molar-refractivity contribution < 1.29 is 0 Å². The molecule has 0 heteroatoms.